The van der Waals surface area contributed by atoms with Gasteiger partial charge in [0, 0.05) is 6.54 Å². The number of esters is 1. The molecule has 1 fully saturated rings. The van der Waals surface area contributed by atoms with Crippen LogP contribution in [0.2, 0.25) is 0 Å². The second kappa shape index (κ2) is 8.57. The maximum Gasteiger partial charge on any atom is 0.308 e. The van der Waals surface area contributed by atoms with Crippen LogP contribution in [0.4, 0.5) is 0 Å². The van der Waals surface area contributed by atoms with E-state index in [0.29, 0.717) is 6.61 Å². The van der Waals surface area contributed by atoms with Crippen molar-refractivity contribution in [3.8, 4) is 0 Å². The number of ether oxygens (including phenoxy) is 1. The number of carbonyl (C=O) groups is 1. The van der Waals surface area contributed by atoms with E-state index in [1.807, 2.05) is 0 Å². The Morgan fingerprint density at radius 3 is 2.69 bits per heavy atom. The van der Waals surface area contributed by atoms with E-state index >= 15 is 0 Å². The van der Waals surface area contributed by atoms with Crippen molar-refractivity contribution >= 4 is 5.97 Å². The molecular formula is C13H25NO2. The van der Waals surface area contributed by atoms with Gasteiger partial charge in [0.05, 0.1) is 5.92 Å². The Morgan fingerprint density at radius 2 is 2.00 bits per heavy atom. The Balaban J connectivity index is 1.97. The van der Waals surface area contributed by atoms with Gasteiger partial charge in [-0.2, -0.15) is 0 Å². The second-order valence-corrected chi connectivity index (χ2v) is 4.61. The topological polar surface area (TPSA) is 38.3 Å². The van der Waals surface area contributed by atoms with E-state index in [1.165, 1.54) is 32.1 Å². The summed E-state index contributed by atoms with van der Waals surface area (Å²) in [5.41, 5.74) is 0. The lowest BCUT2D eigenvalue weighted by molar-refractivity contribution is -0.149. The van der Waals surface area contributed by atoms with E-state index < -0.39 is 0 Å². The molecule has 0 spiro atoms. The minimum Gasteiger partial charge on any atom is -0.464 e. The first-order valence-electron chi connectivity index (χ1n) is 6.72. The van der Waals surface area contributed by atoms with Crippen LogP contribution in [0.3, 0.4) is 0 Å². The van der Waals surface area contributed by atoms with Gasteiger partial charge in [0.25, 0.3) is 0 Å². The number of nitrogens with one attached hydrogen (secondary N) is 1. The predicted octanol–water partition coefficient (Wildman–Crippen LogP) is 2.50. The number of unbranched alkanes of at least 4 members (excludes halogenated alkanes) is 1. The lowest BCUT2D eigenvalue weighted by atomic mass is 9.89. The molecule has 1 rings (SSSR count). The van der Waals surface area contributed by atoms with Gasteiger partial charge in [-0.1, -0.05) is 32.6 Å². The summed E-state index contributed by atoms with van der Waals surface area (Å²) in [5, 5.41) is 3.27. The Morgan fingerprint density at radius 1 is 1.25 bits per heavy atom. The maximum absolute atomic E-state index is 11.6. The van der Waals surface area contributed by atoms with Crippen LogP contribution >= 0.6 is 0 Å². The first kappa shape index (κ1) is 13.5. The van der Waals surface area contributed by atoms with Crippen molar-refractivity contribution in [1.29, 1.82) is 0 Å². The fourth-order valence-corrected chi connectivity index (χ4v) is 2.11. The summed E-state index contributed by atoms with van der Waals surface area (Å²) >= 11 is 0. The van der Waals surface area contributed by atoms with Crippen LogP contribution in [0, 0.1) is 5.92 Å². The van der Waals surface area contributed by atoms with Crippen molar-refractivity contribution in [1.82, 2.24) is 5.32 Å². The highest BCUT2D eigenvalue weighted by Crippen LogP contribution is 2.24. The van der Waals surface area contributed by atoms with E-state index in [9.17, 15) is 4.79 Å². The van der Waals surface area contributed by atoms with Crippen molar-refractivity contribution in [2.24, 2.45) is 5.92 Å². The number of carbonyl (C=O) groups excluding carboxylic acids is 1. The molecule has 3 nitrogen and oxygen atoms in total. The summed E-state index contributed by atoms with van der Waals surface area (Å²) in [5.74, 6) is 0.210. The molecule has 0 aromatic carbocycles. The molecule has 0 radical (unpaired) electrons. The van der Waals surface area contributed by atoms with Crippen molar-refractivity contribution in [2.75, 3.05) is 19.7 Å². The van der Waals surface area contributed by atoms with Crippen molar-refractivity contribution in [2.45, 2.75) is 51.9 Å². The van der Waals surface area contributed by atoms with E-state index in [0.717, 1.165) is 25.9 Å². The highest BCUT2D eigenvalue weighted by atomic mass is 16.5. The van der Waals surface area contributed by atoms with Crippen LogP contribution in [0.1, 0.15) is 51.9 Å². The molecule has 1 N–H and O–H groups in total. The molecule has 0 unspecified atom stereocenters. The van der Waals surface area contributed by atoms with E-state index in [1.54, 1.807) is 0 Å². The monoisotopic (exact) mass is 227 g/mol. The van der Waals surface area contributed by atoms with Crippen molar-refractivity contribution < 1.29 is 9.53 Å². The highest BCUT2D eigenvalue weighted by molar-refractivity contribution is 5.72. The molecular weight excluding hydrogens is 202 g/mol. The van der Waals surface area contributed by atoms with E-state index in [2.05, 4.69) is 12.2 Å². The summed E-state index contributed by atoms with van der Waals surface area (Å²) in [6.07, 6.45) is 8.11. The third kappa shape index (κ3) is 5.50. The van der Waals surface area contributed by atoms with Gasteiger partial charge < -0.3 is 10.1 Å². The minimum absolute atomic E-state index is 0.0250. The maximum atomic E-state index is 11.6. The largest absolute Gasteiger partial charge is 0.464 e. The Bertz CT molecular complexity index is 188. The average Bonchev–Trinajstić information content (AvgIpc) is 2.34. The molecule has 0 amide bonds. The molecule has 0 bridgehead atoms. The normalized spacial score (nSPS) is 17.3. The van der Waals surface area contributed by atoms with Crippen molar-refractivity contribution in [3.63, 3.8) is 0 Å². The summed E-state index contributed by atoms with van der Waals surface area (Å²) in [7, 11) is 0. The van der Waals surface area contributed by atoms with Crippen LogP contribution in [0.5, 0.6) is 0 Å². The van der Waals surface area contributed by atoms with E-state index in [4.69, 9.17) is 4.74 Å². The van der Waals surface area contributed by atoms with Gasteiger partial charge in [-0.25, -0.2) is 0 Å². The minimum atomic E-state index is 0.0250. The van der Waals surface area contributed by atoms with Gasteiger partial charge in [0.15, 0.2) is 0 Å². The zero-order chi connectivity index (χ0) is 11.6. The SMILES string of the molecule is CCCCNCCOC(=O)C1CCCCC1. The van der Waals surface area contributed by atoms with Crippen LogP contribution in [0.15, 0.2) is 0 Å². The number of hydrogen-bond acceptors (Lipinski definition) is 3. The Kier molecular flexibility index (Phi) is 7.23. The van der Waals surface area contributed by atoms with Crippen LogP contribution in [0.25, 0.3) is 0 Å². The molecule has 1 aliphatic rings. The van der Waals surface area contributed by atoms with Crippen LogP contribution < -0.4 is 5.32 Å². The standard InChI is InChI=1S/C13H25NO2/c1-2-3-9-14-10-11-16-13(15)12-7-5-4-6-8-12/h12,14H,2-11H2,1H3. The zero-order valence-electron chi connectivity index (χ0n) is 10.5. The molecule has 3 heteroatoms. The molecule has 0 aliphatic heterocycles. The summed E-state index contributed by atoms with van der Waals surface area (Å²) in [4.78, 5) is 11.6. The molecule has 0 atom stereocenters. The predicted molar refractivity (Wildman–Crippen MR) is 65.3 cm³/mol. The Labute approximate surface area is 98.9 Å². The first-order chi connectivity index (χ1) is 7.84. The summed E-state index contributed by atoms with van der Waals surface area (Å²) in [6.45, 7) is 4.51. The third-order valence-electron chi connectivity index (χ3n) is 3.17. The van der Waals surface area contributed by atoms with Crippen molar-refractivity contribution in [3.05, 3.63) is 0 Å². The van der Waals surface area contributed by atoms with Crippen LogP contribution in [-0.4, -0.2) is 25.7 Å². The Hall–Kier alpha value is -0.570. The van der Waals surface area contributed by atoms with Gasteiger partial charge >= 0.3 is 5.97 Å². The molecule has 16 heavy (non-hydrogen) atoms. The average molecular weight is 227 g/mol. The summed E-state index contributed by atoms with van der Waals surface area (Å²) in [6, 6.07) is 0. The first-order valence-corrected chi connectivity index (χ1v) is 6.72. The molecule has 0 heterocycles. The number of hydrogen-bond donors (Lipinski definition) is 1. The lowest BCUT2D eigenvalue weighted by Crippen LogP contribution is -2.26. The summed E-state index contributed by atoms with van der Waals surface area (Å²) < 4.78 is 5.26. The molecule has 0 aromatic rings. The molecule has 1 aliphatic carbocycles. The molecule has 0 aromatic heterocycles. The van der Waals surface area contributed by atoms with Gasteiger partial charge in [0.2, 0.25) is 0 Å². The fourth-order valence-electron chi connectivity index (χ4n) is 2.11. The number of rotatable bonds is 7. The zero-order valence-corrected chi connectivity index (χ0v) is 10.5. The van der Waals surface area contributed by atoms with Gasteiger partial charge in [-0.3, -0.25) is 4.79 Å². The van der Waals surface area contributed by atoms with Gasteiger partial charge in [0.1, 0.15) is 6.61 Å². The smallest absolute Gasteiger partial charge is 0.308 e. The quantitative estimate of drug-likeness (QED) is 0.536. The van der Waals surface area contributed by atoms with E-state index in [-0.39, 0.29) is 11.9 Å². The molecule has 1 saturated carbocycles. The highest BCUT2D eigenvalue weighted by Gasteiger charge is 2.21. The molecule has 0 saturated heterocycles. The fraction of sp³-hybridized carbons (Fsp3) is 0.923. The van der Waals surface area contributed by atoms with Gasteiger partial charge in [-0.05, 0) is 25.8 Å². The van der Waals surface area contributed by atoms with Crippen LogP contribution in [-0.2, 0) is 9.53 Å². The lowest BCUT2D eigenvalue weighted by Gasteiger charge is -2.19. The second-order valence-electron chi connectivity index (χ2n) is 4.61. The third-order valence-corrected chi connectivity index (χ3v) is 3.17. The molecule has 94 valence electrons. The van der Waals surface area contributed by atoms with Gasteiger partial charge in [-0.15, -0.1) is 0 Å².